The zero-order valence-corrected chi connectivity index (χ0v) is 14.7. The fraction of sp³-hybridized carbons (Fsp3) is 0.944. The molecule has 0 saturated heterocycles. The SMILES string of the molecule is CCCCC(CC)C(=O)N(C)C1CCC(NCCC)CC1. The third-order valence-corrected chi connectivity index (χ3v) is 5.02. The summed E-state index contributed by atoms with van der Waals surface area (Å²) in [5.74, 6) is 0.627. The molecule has 1 unspecified atom stereocenters. The number of rotatable bonds is 9. The van der Waals surface area contributed by atoms with Crippen molar-refractivity contribution in [2.45, 2.75) is 90.6 Å². The molecule has 1 aliphatic carbocycles. The first-order chi connectivity index (χ1) is 10.1. The van der Waals surface area contributed by atoms with Crippen LogP contribution in [0, 0.1) is 5.92 Å². The van der Waals surface area contributed by atoms with Gasteiger partial charge < -0.3 is 10.2 Å². The highest BCUT2D eigenvalue weighted by molar-refractivity contribution is 5.78. The highest BCUT2D eigenvalue weighted by atomic mass is 16.2. The predicted molar refractivity (Wildman–Crippen MR) is 90.4 cm³/mol. The molecule has 0 bridgehead atoms. The molecule has 0 aromatic carbocycles. The Balaban J connectivity index is 2.40. The summed E-state index contributed by atoms with van der Waals surface area (Å²) in [6.07, 6.45) is 10.4. The van der Waals surface area contributed by atoms with E-state index in [-0.39, 0.29) is 5.92 Å². The number of unbranched alkanes of at least 4 members (excludes halogenated alkanes) is 1. The molecule has 0 heterocycles. The molecule has 1 rings (SSSR count). The van der Waals surface area contributed by atoms with Gasteiger partial charge in [0.15, 0.2) is 0 Å². The fourth-order valence-corrected chi connectivity index (χ4v) is 3.44. The van der Waals surface area contributed by atoms with Crippen molar-refractivity contribution in [1.82, 2.24) is 10.2 Å². The molecule has 124 valence electrons. The van der Waals surface area contributed by atoms with Crippen molar-refractivity contribution in [1.29, 1.82) is 0 Å². The van der Waals surface area contributed by atoms with Gasteiger partial charge in [0.25, 0.3) is 0 Å². The molecule has 0 aromatic rings. The van der Waals surface area contributed by atoms with Crippen molar-refractivity contribution in [3.63, 3.8) is 0 Å². The molecule has 0 aromatic heterocycles. The van der Waals surface area contributed by atoms with E-state index in [1.54, 1.807) is 0 Å². The van der Waals surface area contributed by atoms with Gasteiger partial charge in [0, 0.05) is 25.0 Å². The Morgan fingerprint density at radius 1 is 1.14 bits per heavy atom. The fourth-order valence-electron chi connectivity index (χ4n) is 3.44. The average molecular weight is 296 g/mol. The van der Waals surface area contributed by atoms with E-state index in [4.69, 9.17) is 0 Å². The quantitative estimate of drug-likeness (QED) is 0.698. The summed E-state index contributed by atoms with van der Waals surface area (Å²) < 4.78 is 0. The van der Waals surface area contributed by atoms with E-state index in [9.17, 15) is 4.79 Å². The first-order valence-electron chi connectivity index (χ1n) is 9.13. The van der Waals surface area contributed by atoms with Crippen molar-refractivity contribution < 1.29 is 4.79 Å². The van der Waals surface area contributed by atoms with Crippen molar-refractivity contribution in [3.05, 3.63) is 0 Å². The lowest BCUT2D eigenvalue weighted by Crippen LogP contribution is -2.45. The summed E-state index contributed by atoms with van der Waals surface area (Å²) in [6.45, 7) is 7.69. The summed E-state index contributed by atoms with van der Waals surface area (Å²) in [7, 11) is 2.03. The summed E-state index contributed by atoms with van der Waals surface area (Å²) in [6, 6.07) is 1.14. The van der Waals surface area contributed by atoms with Gasteiger partial charge in [-0.1, -0.05) is 33.6 Å². The largest absolute Gasteiger partial charge is 0.343 e. The number of hydrogen-bond donors (Lipinski definition) is 1. The van der Waals surface area contributed by atoms with Crippen LogP contribution in [0.15, 0.2) is 0 Å². The second kappa shape index (κ2) is 10.2. The second-order valence-electron chi connectivity index (χ2n) is 6.66. The van der Waals surface area contributed by atoms with Gasteiger partial charge in [0.1, 0.15) is 0 Å². The van der Waals surface area contributed by atoms with Crippen molar-refractivity contribution in [3.8, 4) is 0 Å². The third-order valence-electron chi connectivity index (χ3n) is 5.02. The molecule has 1 N–H and O–H groups in total. The van der Waals surface area contributed by atoms with Crippen molar-refractivity contribution in [2.75, 3.05) is 13.6 Å². The summed E-state index contributed by atoms with van der Waals surface area (Å²) in [4.78, 5) is 14.7. The molecule has 1 amide bonds. The second-order valence-corrected chi connectivity index (χ2v) is 6.66. The standard InChI is InChI=1S/C18H36N2O/c1-5-8-9-15(7-3)18(21)20(4)17-12-10-16(11-13-17)19-14-6-2/h15-17,19H,5-14H2,1-4H3. The molecule has 1 aliphatic rings. The minimum Gasteiger partial charge on any atom is -0.343 e. The molecule has 0 spiro atoms. The Bertz CT molecular complexity index is 285. The Kier molecular flexibility index (Phi) is 8.98. The van der Waals surface area contributed by atoms with Crippen LogP contribution in [-0.2, 0) is 4.79 Å². The molecule has 21 heavy (non-hydrogen) atoms. The molecular weight excluding hydrogens is 260 g/mol. The highest BCUT2D eigenvalue weighted by Crippen LogP contribution is 2.25. The number of nitrogens with one attached hydrogen (secondary N) is 1. The van der Waals surface area contributed by atoms with E-state index in [2.05, 4.69) is 31.0 Å². The Hall–Kier alpha value is -0.570. The van der Waals surface area contributed by atoms with Gasteiger partial charge in [-0.05, 0) is 51.5 Å². The zero-order chi connectivity index (χ0) is 15.7. The lowest BCUT2D eigenvalue weighted by atomic mass is 9.89. The van der Waals surface area contributed by atoms with Crippen molar-refractivity contribution in [2.24, 2.45) is 5.92 Å². The first kappa shape index (κ1) is 18.5. The van der Waals surface area contributed by atoms with E-state index in [0.29, 0.717) is 18.0 Å². The molecule has 1 saturated carbocycles. The van der Waals surface area contributed by atoms with Gasteiger partial charge in [-0.15, -0.1) is 0 Å². The maximum Gasteiger partial charge on any atom is 0.225 e. The minimum absolute atomic E-state index is 0.242. The van der Waals surface area contributed by atoms with E-state index < -0.39 is 0 Å². The Labute approximate surface area is 131 Å². The summed E-state index contributed by atoms with van der Waals surface area (Å²) in [5, 5.41) is 3.62. The van der Waals surface area contributed by atoms with Crippen LogP contribution in [0.5, 0.6) is 0 Å². The van der Waals surface area contributed by atoms with Crippen LogP contribution in [0.25, 0.3) is 0 Å². The average Bonchev–Trinajstić information content (AvgIpc) is 2.53. The van der Waals surface area contributed by atoms with Crippen LogP contribution < -0.4 is 5.32 Å². The van der Waals surface area contributed by atoms with E-state index >= 15 is 0 Å². The maximum absolute atomic E-state index is 12.6. The van der Waals surface area contributed by atoms with E-state index in [0.717, 1.165) is 32.2 Å². The van der Waals surface area contributed by atoms with Crippen LogP contribution in [0.4, 0.5) is 0 Å². The van der Waals surface area contributed by atoms with Gasteiger partial charge >= 0.3 is 0 Å². The zero-order valence-electron chi connectivity index (χ0n) is 14.7. The lowest BCUT2D eigenvalue weighted by molar-refractivity contribution is -0.137. The van der Waals surface area contributed by atoms with Crippen LogP contribution in [0.1, 0.15) is 78.6 Å². The maximum atomic E-state index is 12.6. The van der Waals surface area contributed by atoms with Crippen LogP contribution in [0.2, 0.25) is 0 Å². The smallest absolute Gasteiger partial charge is 0.225 e. The predicted octanol–water partition coefficient (Wildman–Crippen LogP) is 3.97. The monoisotopic (exact) mass is 296 g/mol. The van der Waals surface area contributed by atoms with Gasteiger partial charge in [-0.3, -0.25) is 4.79 Å². The first-order valence-corrected chi connectivity index (χ1v) is 9.13. The highest BCUT2D eigenvalue weighted by Gasteiger charge is 2.29. The summed E-state index contributed by atoms with van der Waals surface area (Å²) >= 11 is 0. The molecule has 1 fully saturated rings. The van der Waals surface area contributed by atoms with Gasteiger partial charge in [0.2, 0.25) is 5.91 Å². The van der Waals surface area contributed by atoms with Gasteiger partial charge in [-0.25, -0.2) is 0 Å². The summed E-state index contributed by atoms with van der Waals surface area (Å²) in [5.41, 5.74) is 0. The molecule has 3 nitrogen and oxygen atoms in total. The van der Waals surface area contributed by atoms with Crippen molar-refractivity contribution >= 4 is 5.91 Å². The number of nitrogens with zero attached hydrogens (tertiary/aromatic N) is 1. The van der Waals surface area contributed by atoms with E-state index in [1.807, 2.05) is 7.05 Å². The normalized spacial score (nSPS) is 23.8. The Morgan fingerprint density at radius 3 is 2.33 bits per heavy atom. The number of amides is 1. The third kappa shape index (κ3) is 5.98. The molecule has 0 radical (unpaired) electrons. The van der Waals surface area contributed by atoms with Gasteiger partial charge in [0.05, 0.1) is 0 Å². The van der Waals surface area contributed by atoms with Crippen LogP contribution in [0.3, 0.4) is 0 Å². The van der Waals surface area contributed by atoms with Crippen LogP contribution in [-0.4, -0.2) is 36.5 Å². The van der Waals surface area contributed by atoms with Gasteiger partial charge in [-0.2, -0.15) is 0 Å². The number of hydrogen-bond acceptors (Lipinski definition) is 2. The van der Waals surface area contributed by atoms with E-state index in [1.165, 1.54) is 32.1 Å². The molecule has 1 atom stereocenters. The Morgan fingerprint density at radius 2 is 1.81 bits per heavy atom. The number of carbonyl (C=O) groups is 1. The lowest BCUT2D eigenvalue weighted by Gasteiger charge is -2.36. The minimum atomic E-state index is 0.242. The van der Waals surface area contributed by atoms with Crippen LogP contribution >= 0.6 is 0 Å². The number of carbonyl (C=O) groups excluding carboxylic acids is 1. The molecule has 0 aliphatic heterocycles. The molecule has 3 heteroatoms. The topological polar surface area (TPSA) is 32.3 Å². The molecular formula is C18H36N2O.